The zero-order valence-electron chi connectivity index (χ0n) is 10.1. The molecule has 100 valence electrons. The van der Waals surface area contributed by atoms with Gasteiger partial charge in [-0.05, 0) is 47.9 Å². The molecule has 0 amide bonds. The summed E-state index contributed by atoms with van der Waals surface area (Å²) in [6.07, 6.45) is -4.46. The average Bonchev–Trinajstić information content (AvgIpc) is 2.32. The lowest BCUT2D eigenvalue weighted by Gasteiger charge is -2.14. The smallest absolute Gasteiger partial charge is 0.398 e. The first-order chi connectivity index (χ1) is 8.79. The van der Waals surface area contributed by atoms with Gasteiger partial charge in [0.25, 0.3) is 0 Å². The quantitative estimate of drug-likeness (QED) is 0.602. The Morgan fingerprint density at radius 3 is 2.05 bits per heavy atom. The zero-order chi connectivity index (χ0) is 14.2. The molecule has 19 heavy (non-hydrogen) atoms. The Labute approximate surface area is 107 Å². The first-order valence-electron chi connectivity index (χ1n) is 5.52. The normalized spacial score (nSPS) is 11.6. The molecule has 0 saturated carbocycles. The molecule has 0 aliphatic carbocycles. The van der Waals surface area contributed by atoms with Crippen molar-refractivity contribution in [1.29, 1.82) is 0 Å². The van der Waals surface area contributed by atoms with E-state index in [1.807, 2.05) is 0 Å². The number of benzene rings is 2. The first kappa shape index (κ1) is 13.4. The molecule has 0 unspecified atom stereocenters. The van der Waals surface area contributed by atoms with E-state index in [4.69, 9.17) is 5.73 Å². The van der Waals surface area contributed by atoms with Crippen molar-refractivity contribution < 1.29 is 17.6 Å². The molecule has 0 fully saturated rings. The van der Waals surface area contributed by atoms with Gasteiger partial charge in [-0.25, -0.2) is 4.39 Å². The number of rotatable bonds is 1. The molecule has 2 N–H and O–H groups in total. The van der Waals surface area contributed by atoms with Gasteiger partial charge in [0.15, 0.2) is 0 Å². The van der Waals surface area contributed by atoms with E-state index in [-0.39, 0.29) is 11.3 Å². The van der Waals surface area contributed by atoms with Crippen LogP contribution in [0.4, 0.5) is 23.2 Å². The number of anilines is 1. The summed E-state index contributed by atoms with van der Waals surface area (Å²) < 4.78 is 51.4. The van der Waals surface area contributed by atoms with E-state index in [0.717, 1.165) is 6.07 Å². The van der Waals surface area contributed by atoms with Crippen molar-refractivity contribution in [2.45, 2.75) is 13.1 Å². The summed E-state index contributed by atoms with van der Waals surface area (Å²) in [5.41, 5.74) is 5.70. The van der Waals surface area contributed by atoms with Gasteiger partial charge in [-0.15, -0.1) is 0 Å². The van der Waals surface area contributed by atoms with E-state index in [1.165, 1.54) is 37.3 Å². The largest absolute Gasteiger partial charge is 0.416 e. The number of hydrogen-bond donors (Lipinski definition) is 1. The number of halogens is 4. The lowest BCUT2D eigenvalue weighted by molar-refractivity contribution is -0.137. The number of nitrogen functional groups attached to an aromatic ring is 1. The summed E-state index contributed by atoms with van der Waals surface area (Å²) >= 11 is 0. The second-order valence-corrected chi connectivity index (χ2v) is 4.24. The van der Waals surface area contributed by atoms with E-state index in [9.17, 15) is 17.6 Å². The van der Waals surface area contributed by atoms with Gasteiger partial charge in [-0.1, -0.05) is 12.1 Å². The van der Waals surface area contributed by atoms with Crippen molar-refractivity contribution >= 4 is 5.69 Å². The highest BCUT2D eigenvalue weighted by atomic mass is 19.4. The maximum absolute atomic E-state index is 12.9. The molecule has 0 bridgehead atoms. The molecule has 0 aliphatic rings. The minimum absolute atomic E-state index is 0.00152. The predicted molar refractivity (Wildman–Crippen MR) is 66.0 cm³/mol. The number of hydrogen-bond acceptors (Lipinski definition) is 1. The van der Waals surface area contributed by atoms with Crippen LogP contribution in [-0.2, 0) is 6.18 Å². The van der Waals surface area contributed by atoms with Crippen LogP contribution in [0.1, 0.15) is 11.1 Å². The molecule has 2 rings (SSSR count). The summed E-state index contributed by atoms with van der Waals surface area (Å²) in [5, 5.41) is 0. The third-order valence-electron chi connectivity index (χ3n) is 2.93. The van der Waals surface area contributed by atoms with Gasteiger partial charge in [0.1, 0.15) is 5.82 Å². The Morgan fingerprint density at radius 1 is 0.947 bits per heavy atom. The van der Waals surface area contributed by atoms with Crippen molar-refractivity contribution in [2.75, 3.05) is 5.73 Å². The minimum atomic E-state index is -4.46. The lowest BCUT2D eigenvalue weighted by atomic mass is 9.98. The highest BCUT2D eigenvalue weighted by Gasteiger charge is 2.33. The molecular formula is C14H11F4N. The van der Waals surface area contributed by atoms with E-state index in [0.29, 0.717) is 11.1 Å². The van der Waals surface area contributed by atoms with Crippen LogP contribution in [0.3, 0.4) is 0 Å². The van der Waals surface area contributed by atoms with E-state index < -0.39 is 17.6 Å². The number of alkyl halides is 3. The second-order valence-electron chi connectivity index (χ2n) is 4.24. The van der Waals surface area contributed by atoms with Crippen LogP contribution >= 0.6 is 0 Å². The number of nitrogens with two attached hydrogens (primary N) is 1. The molecule has 2 aromatic carbocycles. The average molecular weight is 269 g/mol. The zero-order valence-corrected chi connectivity index (χ0v) is 10.1. The van der Waals surface area contributed by atoms with Gasteiger partial charge in [-0.3, -0.25) is 0 Å². The summed E-state index contributed by atoms with van der Waals surface area (Å²) in [7, 11) is 0. The van der Waals surface area contributed by atoms with E-state index >= 15 is 0 Å². The van der Waals surface area contributed by atoms with E-state index in [2.05, 4.69) is 0 Å². The van der Waals surface area contributed by atoms with Crippen molar-refractivity contribution in [1.82, 2.24) is 0 Å². The Morgan fingerprint density at radius 2 is 1.53 bits per heavy atom. The van der Waals surface area contributed by atoms with Crippen LogP contribution in [0.25, 0.3) is 11.1 Å². The van der Waals surface area contributed by atoms with Crippen LogP contribution in [0.2, 0.25) is 0 Å². The Balaban J connectivity index is 2.60. The fourth-order valence-corrected chi connectivity index (χ4v) is 1.84. The Bertz CT molecular complexity index is 600. The van der Waals surface area contributed by atoms with Crippen LogP contribution in [0, 0.1) is 12.7 Å². The molecule has 0 radical (unpaired) electrons. The summed E-state index contributed by atoms with van der Waals surface area (Å²) in [6, 6.07) is 7.70. The molecule has 0 aliphatic heterocycles. The highest BCUT2D eigenvalue weighted by molar-refractivity contribution is 5.71. The monoisotopic (exact) mass is 269 g/mol. The van der Waals surface area contributed by atoms with Gasteiger partial charge < -0.3 is 5.73 Å². The van der Waals surface area contributed by atoms with Gasteiger partial charge in [0.2, 0.25) is 0 Å². The maximum Gasteiger partial charge on any atom is 0.416 e. The summed E-state index contributed by atoms with van der Waals surface area (Å²) in [4.78, 5) is 0. The fraction of sp³-hybridized carbons (Fsp3) is 0.143. The van der Waals surface area contributed by atoms with Crippen LogP contribution in [0.15, 0.2) is 36.4 Å². The van der Waals surface area contributed by atoms with E-state index in [1.54, 1.807) is 0 Å². The van der Waals surface area contributed by atoms with Gasteiger partial charge >= 0.3 is 6.18 Å². The van der Waals surface area contributed by atoms with Crippen molar-refractivity contribution in [3.63, 3.8) is 0 Å². The molecule has 2 aromatic rings. The SMILES string of the molecule is Cc1c(N)cc(-c2ccc(F)cc2)cc1C(F)(F)F. The van der Waals surface area contributed by atoms with Crippen LogP contribution in [-0.4, -0.2) is 0 Å². The molecular weight excluding hydrogens is 258 g/mol. The Kier molecular flexibility index (Phi) is 3.22. The molecule has 1 nitrogen and oxygen atoms in total. The van der Waals surface area contributed by atoms with Gasteiger partial charge in [0, 0.05) is 5.69 Å². The fourth-order valence-electron chi connectivity index (χ4n) is 1.84. The van der Waals surface area contributed by atoms with Crippen molar-refractivity contribution in [3.8, 4) is 11.1 Å². The highest BCUT2D eigenvalue weighted by Crippen LogP contribution is 2.37. The minimum Gasteiger partial charge on any atom is -0.398 e. The molecule has 0 spiro atoms. The third-order valence-corrected chi connectivity index (χ3v) is 2.93. The first-order valence-corrected chi connectivity index (χ1v) is 5.52. The lowest BCUT2D eigenvalue weighted by Crippen LogP contribution is -2.09. The molecule has 0 aromatic heterocycles. The Hall–Kier alpha value is -2.04. The molecule has 5 heteroatoms. The van der Waals surface area contributed by atoms with Gasteiger partial charge in [0.05, 0.1) is 5.56 Å². The van der Waals surface area contributed by atoms with Crippen LogP contribution in [0.5, 0.6) is 0 Å². The molecule has 0 saturated heterocycles. The predicted octanol–water partition coefficient (Wildman–Crippen LogP) is 4.40. The third kappa shape index (κ3) is 2.70. The van der Waals surface area contributed by atoms with Gasteiger partial charge in [-0.2, -0.15) is 13.2 Å². The molecule has 0 heterocycles. The standard InChI is InChI=1S/C14H11F4N/c1-8-12(14(16,17)18)6-10(7-13(8)19)9-2-4-11(15)5-3-9/h2-7H,19H2,1H3. The van der Waals surface area contributed by atoms with Crippen molar-refractivity contribution in [3.05, 3.63) is 53.3 Å². The topological polar surface area (TPSA) is 26.0 Å². The van der Waals surface area contributed by atoms with Crippen molar-refractivity contribution in [2.24, 2.45) is 0 Å². The van der Waals surface area contributed by atoms with Crippen LogP contribution < -0.4 is 5.73 Å². The summed E-state index contributed by atoms with van der Waals surface area (Å²) in [5.74, 6) is -0.445. The molecule has 0 atom stereocenters. The maximum atomic E-state index is 12.9. The summed E-state index contributed by atoms with van der Waals surface area (Å²) in [6.45, 7) is 1.33. The second kappa shape index (κ2) is 4.57.